The van der Waals surface area contributed by atoms with Gasteiger partial charge in [-0.25, -0.2) is 9.18 Å². The van der Waals surface area contributed by atoms with Gasteiger partial charge in [0.1, 0.15) is 23.8 Å². The third-order valence-electron chi connectivity index (χ3n) is 2.43. The Labute approximate surface area is 138 Å². The summed E-state index contributed by atoms with van der Waals surface area (Å²) < 4.78 is 29.5. The molecule has 1 rings (SSSR count). The van der Waals surface area contributed by atoms with E-state index in [-0.39, 0.29) is 13.2 Å². The number of alkyl carbamates (subject to hydrolysis) is 1. The van der Waals surface area contributed by atoms with E-state index in [1.165, 1.54) is 13.2 Å². The van der Waals surface area contributed by atoms with Crippen LogP contribution in [0.25, 0.3) is 0 Å². The molecule has 1 aromatic carbocycles. The monoisotopic (exact) mass is 377 g/mol. The van der Waals surface area contributed by atoms with E-state index in [0.29, 0.717) is 10.2 Å². The molecule has 0 saturated heterocycles. The molecule has 1 aromatic rings. The SMILES string of the molecule is COCC(COc1ccc(Br)c(F)c1)NC(=O)OC(C)(C)C. The summed E-state index contributed by atoms with van der Waals surface area (Å²) in [6, 6.07) is 4.04. The van der Waals surface area contributed by atoms with Gasteiger partial charge in [0.05, 0.1) is 17.1 Å². The van der Waals surface area contributed by atoms with Crippen LogP contribution in [0.2, 0.25) is 0 Å². The molecule has 124 valence electrons. The van der Waals surface area contributed by atoms with Gasteiger partial charge in [-0.3, -0.25) is 0 Å². The van der Waals surface area contributed by atoms with Gasteiger partial charge in [-0.1, -0.05) is 0 Å². The quantitative estimate of drug-likeness (QED) is 0.823. The summed E-state index contributed by atoms with van der Waals surface area (Å²) in [4.78, 5) is 11.7. The molecule has 22 heavy (non-hydrogen) atoms. The van der Waals surface area contributed by atoms with Crippen molar-refractivity contribution in [3.8, 4) is 5.75 Å². The molecule has 0 aliphatic carbocycles. The average molecular weight is 378 g/mol. The maximum Gasteiger partial charge on any atom is 0.408 e. The molecular formula is C15H21BrFNO4. The molecule has 0 saturated carbocycles. The minimum Gasteiger partial charge on any atom is -0.491 e. The van der Waals surface area contributed by atoms with Crippen LogP contribution < -0.4 is 10.1 Å². The molecule has 1 N–H and O–H groups in total. The van der Waals surface area contributed by atoms with Crippen molar-refractivity contribution in [2.45, 2.75) is 32.4 Å². The zero-order valence-corrected chi connectivity index (χ0v) is 14.7. The molecule has 1 amide bonds. The van der Waals surface area contributed by atoms with Crippen LogP contribution in [-0.2, 0) is 9.47 Å². The van der Waals surface area contributed by atoms with Crippen LogP contribution in [0, 0.1) is 5.82 Å². The normalized spacial score (nSPS) is 12.6. The number of hydrogen-bond donors (Lipinski definition) is 1. The summed E-state index contributed by atoms with van der Waals surface area (Å²) in [6.45, 7) is 5.71. The van der Waals surface area contributed by atoms with Gasteiger partial charge in [0.15, 0.2) is 0 Å². The fraction of sp³-hybridized carbons (Fsp3) is 0.533. The number of methoxy groups -OCH3 is 1. The Morgan fingerprint density at radius 2 is 2.05 bits per heavy atom. The van der Waals surface area contributed by atoms with Gasteiger partial charge in [-0.05, 0) is 48.8 Å². The van der Waals surface area contributed by atoms with Crippen LogP contribution in [0.1, 0.15) is 20.8 Å². The summed E-state index contributed by atoms with van der Waals surface area (Å²) in [5.41, 5.74) is -0.586. The highest BCUT2D eigenvalue weighted by Crippen LogP contribution is 2.21. The lowest BCUT2D eigenvalue weighted by Gasteiger charge is -2.23. The minimum atomic E-state index is -0.586. The molecule has 1 unspecified atom stereocenters. The first-order chi connectivity index (χ1) is 10.2. The van der Waals surface area contributed by atoms with Gasteiger partial charge >= 0.3 is 6.09 Å². The maximum atomic E-state index is 13.4. The largest absolute Gasteiger partial charge is 0.491 e. The Bertz CT molecular complexity index is 505. The van der Waals surface area contributed by atoms with Crippen molar-refractivity contribution in [3.05, 3.63) is 28.5 Å². The van der Waals surface area contributed by atoms with Gasteiger partial charge in [-0.15, -0.1) is 0 Å². The predicted octanol–water partition coefficient (Wildman–Crippen LogP) is 3.51. The Morgan fingerprint density at radius 1 is 1.36 bits per heavy atom. The Kier molecular flexibility index (Phi) is 7.09. The molecule has 0 aliphatic rings. The smallest absolute Gasteiger partial charge is 0.408 e. The van der Waals surface area contributed by atoms with E-state index < -0.39 is 23.6 Å². The zero-order chi connectivity index (χ0) is 16.8. The predicted molar refractivity (Wildman–Crippen MR) is 84.6 cm³/mol. The Hall–Kier alpha value is -1.34. The number of ether oxygens (including phenoxy) is 3. The molecule has 0 fully saturated rings. The van der Waals surface area contributed by atoms with E-state index in [4.69, 9.17) is 14.2 Å². The summed E-state index contributed by atoms with van der Waals surface area (Å²) >= 11 is 3.07. The van der Waals surface area contributed by atoms with Crippen LogP contribution >= 0.6 is 15.9 Å². The lowest BCUT2D eigenvalue weighted by atomic mass is 10.2. The number of hydrogen-bond acceptors (Lipinski definition) is 4. The molecule has 0 spiro atoms. The number of carbonyl (C=O) groups excluding carboxylic acids is 1. The number of nitrogens with one attached hydrogen (secondary N) is 1. The lowest BCUT2D eigenvalue weighted by Crippen LogP contribution is -2.44. The van der Waals surface area contributed by atoms with Crippen molar-refractivity contribution in [3.63, 3.8) is 0 Å². The minimum absolute atomic E-state index is 0.133. The van der Waals surface area contributed by atoms with Gasteiger partial charge in [-0.2, -0.15) is 0 Å². The second-order valence-electron chi connectivity index (χ2n) is 5.69. The topological polar surface area (TPSA) is 56.8 Å². The van der Waals surface area contributed by atoms with Gasteiger partial charge in [0.25, 0.3) is 0 Å². The first-order valence-corrected chi connectivity index (χ1v) is 7.57. The van der Waals surface area contributed by atoms with Crippen LogP contribution in [0.5, 0.6) is 5.75 Å². The molecular weight excluding hydrogens is 357 g/mol. The first kappa shape index (κ1) is 18.7. The Balaban J connectivity index is 2.56. The number of rotatable bonds is 6. The molecule has 0 bridgehead atoms. The molecule has 0 aromatic heterocycles. The fourth-order valence-electron chi connectivity index (χ4n) is 1.57. The molecule has 7 heteroatoms. The zero-order valence-electron chi connectivity index (χ0n) is 13.1. The van der Waals surface area contributed by atoms with Crippen molar-refractivity contribution in [1.82, 2.24) is 5.32 Å². The second kappa shape index (κ2) is 8.33. The van der Waals surface area contributed by atoms with Gasteiger partial charge in [0.2, 0.25) is 0 Å². The molecule has 0 aliphatic heterocycles. The van der Waals surface area contributed by atoms with Crippen LogP contribution in [0.4, 0.5) is 9.18 Å². The maximum absolute atomic E-state index is 13.4. The first-order valence-electron chi connectivity index (χ1n) is 6.77. The van der Waals surface area contributed by atoms with E-state index in [1.54, 1.807) is 32.9 Å². The van der Waals surface area contributed by atoms with Crippen molar-refractivity contribution in [2.75, 3.05) is 20.3 Å². The van der Waals surface area contributed by atoms with E-state index in [2.05, 4.69) is 21.2 Å². The third kappa shape index (κ3) is 7.09. The number of amides is 1. The average Bonchev–Trinajstić information content (AvgIpc) is 2.38. The number of carbonyl (C=O) groups is 1. The second-order valence-corrected chi connectivity index (χ2v) is 6.54. The molecule has 0 heterocycles. The van der Waals surface area contributed by atoms with E-state index in [9.17, 15) is 9.18 Å². The highest BCUT2D eigenvalue weighted by Gasteiger charge is 2.20. The van der Waals surface area contributed by atoms with E-state index >= 15 is 0 Å². The van der Waals surface area contributed by atoms with Crippen LogP contribution in [0.15, 0.2) is 22.7 Å². The van der Waals surface area contributed by atoms with Crippen molar-refractivity contribution < 1.29 is 23.4 Å². The van der Waals surface area contributed by atoms with Crippen LogP contribution in [0.3, 0.4) is 0 Å². The van der Waals surface area contributed by atoms with Crippen LogP contribution in [-0.4, -0.2) is 38.1 Å². The number of halogens is 2. The lowest BCUT2D eigenvalue weighted by molar-refractivity contribution is 0.0438. The van der Waals surface area contributed by atoms with Crippen molar-refractivity contribution in [2.24, 2.45) is 0 Å². The summed E-state index contributed by atoms with van der Waals surface area (Å²) in [5, 5.41) is 2.66. The highest BCUT2D eigenvalue weighted by molar-refractivity contribution is 9.10. The standard InChI is InChI=1S/C15H21BrFNO4/c1-15(2,3)22-14(19)18-10(8-20-4)9-21-11-5-6-12(16)13(17)7-11/h5-7,10H,8-9H2,1-4H3,(H,18,19). The van der Waals surface area contributed by atoms with Gasteiger partial charge < -0.3 is 19.5 Å². The molecule has 0 radical (unpaired) electrons. The summed E-state index contributed by atoms with van der Waals surface area (Å²) in [6.07, 6.45) is -0.555. The Morgan fingerprint density at radius 3 is 2.59 bits per heavy atom. The fourth-order valence-corrected chi connectivity index (χ4v) is 1.82. The summed E-state index contributed by atoms with van der Waals surface area (Å²) in [5.74, 6) is -0.0475. The molecule has 5 nitrogen and oxygen atoms in total. The van der Waals surface area contributed by atoms with E-state index in [1.807, 2.05) is 0 Å². The van der Waals surface area contributed by atoms with Crippen molar-refractivity contribution >= 4 is 22.0 Å². The number of benzene rings is 1. The van der Waals surface area contributed by atoms with Crippen molar-refractivity contribution in [1.29, 1.82) is 0 Å². The highest BCUT2D eigenvalue weighted by atomic mass is 79.9. The van der Waals surface area contributed by atoms with Gasteiger partial charge in [0, 0.05) is 13.2 Å². The van der Waals surface area contributed by atoms with E-state index in [0.717, 1.165) is 0 Å². The third-order valence-corrected chi connectivity index (χ3v) is 3.07. The molecule has 1 atom stereocenters. The summed E-state index contributed by atoms with van der Waals surface area (Å²) in [7, 11) is 1.52.